The van der Waals surface area contributed by atoms with Gasteiger partial charge in [-0.2, -0.15) is 9.78 Å². The lowest BCUT2D eigenvalue weighted by molar-refractivity contribution is 0.360. The van der Waals surface area contributed by atoms with Crippen molar-refractivity contribution < 1.29 is 4.74 Å². The zero-order valence-corrected chi connectivity index (χ0v) is 19.6. The smallest absolute Gasteiger partial charge is 0.282 e. The van der Waals surface area contributed by atoms with E-state index in [9.17, 15) is 4.79 Å². The summed E-state index contributed by atoms with van der Waals surface area (Å²) >= 11 is 13.1. The van der Waals surface area contributed by atoms with Crippen molar-refractivity contribution in [2.24, 2.45) is 5.10 Å². The lowest BCUT2D eigenvalue weighted by Crippen LogP contribution is -2.22. The molecule has 1 aromatic heterocycles. The van der Waals surface area contributed by atoms with Gasteiger partial charge in [-0.3, -0.25) is 4.79 Å². The molecule has 0 aliphatic carbocycles. The molecule has 29 heavy (non-hydrogen) atoms. The van der Waals surface area contributed by atoms with Gasteiger partial charge in [-0.25, -0.2) is 4.98 Å². The molecular weight excluding hydrogens is 522 g/mol. The van der Waals surface area contributed by atoms with Gasteiger partial charge < -0.3 is 4.74 Å². The van der Waals surface area contributed by atoms with E-state index in [1.165, 1.54) is 4.68 Å². The maximum Gasteiger partial charge on any atom is 0.282 e. The quantitative estimate of drug-likeness (QED) is 0.274. The van der Waals surface area contributed by atoms with E-state index in [-0.39, 0.29) is 5.56 Å². The number of nitrogens with zero attached hydrogens (tertiary/aromatic N) is 3. The summed E-state index contributed by atoms with van der Waals surface area (Å²) in [4.78, 5) is 17.7. The van der Waals surface area contributed by atoms with Gasteiger partial charge in [-0.15, -0.1) is 0 Å². The van der Waals surface area contributed by atoms with Crippen LogP contribution in [-0.4, -0.2) is 22.5 Å². The Morgan fingerprint density at radius 2 is 2.10 bits per heavy atom. The van der Waals surface area contributed by atoms with Gasteiger partial charge in [0, 0.05) is 21.5 Å². The largest absolute Gasteiger partial charge is 0.488 e. The molecule has 0 spiro atoms. The highest BCUT2D eigenvalue weighted by molar-refractivity contribution is 9.10. The number of hydrogen-bond donors (Lipinski definition) is 0. The Morgan fingerprint density at radius 1 is 1.31 bits per heavy atom. The van der Waals surface area contributed by atoms with Crippen molar-refractivity contribution in [1.82, 2.24) is 9.66 Å². The third kappa shape index (κ3) is 4.97. The first-order chi connectivity index (χ1) is 13.9. The molecule has 0 fully saturated rings. The van der Waals surface area contributed by atoms with Crippen LogP contribution < -0.4 is 10.3 Å². The monoisotopic (exact) mass is 537 g/mol. The van der Waals surface area contributed by atoms with Gasteiger partial charge in [0.2, 0.25) is 0 Å². The van der Waals surface area contributed by atoms with Crippen LogP contribution in [0.4, 0.5) is 0 Å². The molecule has 0 radical (unpaired) electrons. The standard InChI is InChI=1S/C21H18Br2ClN3O2/c1-3-5-19-26-18-7-6-14(22)10-16(18)21(28)27(19)25-12-13-9-15(24)11-17(23)20(13)29-8-4-2/h4,6-7,9-12H,2-3,5,8H2,1H3. The number of rotatable bonds is 7. The Bertz CT molecular complexity index is 1160. The lowest BCUT2D eigenvalue weighted by Gasteiger charge is -2.11. The Kier molecular flexibility index (Phi) is 7.27. The average Bonchev–Trinajstić information content (AvgIpc) is 2.68. The minimum Gasteiger partial charge on any atom is -0.488 e. The van der Waals surface area contributed by atoms with Crippen LogP contribution in [0.3, 0.4) is 0 Å². The van der Waals surface area contributed by atoms with Crippen molar-refractivity contribution >= 4 is 60.6 Å². The number of ether oxygens (including phenoxy) is 1. The zero-order chi connectivity index (χ0) is 21.0. The minimum atomic E-state index is -0.231. The first-order valence-corrected chi connectivity index (χ1v) is 10.9. The predicted molar refractivity (Wildman–Crippen MR) is 126 cm³/mol. The molecule has 8 heteroatoms. The molecule has 2 aromatic carbocycles. The summed E-state index contributed by atoms with van der Waals surface area (Å²) < 4.78 is 8.56. The summed E-state index contributed by atoms with van der Waals surface area (Å²) in [6, 6.07) is 8.90. The van der Waals surface area contributed by atoms with Crippen LogP contribution in [0.2, 0.25) is 5.02 Å². The molecule has 0 aliphatic rings. The molecular formula is C21H18Br2ClN3O2. The number of hydrogen-bond acceptors (Lipinski definition) is 4. The summed E-state index contributed by atoms with van der Waals surface area (Å²) in [7, 11) is 0. The van der Waals surface area contributed by atoms with Gasteiger partial charge in [0.25, 0.3) is 5.56 Å². The molecule has 0 bridgehead atoms. The number of aromatic nitrogens is 2. The van der Waals surface area contributed by atoms with Crippen LogP contribution in [0.15, 0.2) is 61.8 Å². The Hall–Kier alpha value is -1.96. The van der Waals surface area contributed by atoms with Crippen molar-refractivity contribution in [3.63, 3.8) is 0 Å². The van der Waals surface area contributed by atoms with Crippen molar-refractivity contribution in [1.29, 1.82) is 0 Å². The van der Waals surface area contributed by atoms with Crippen LogP contribution in [0.25, 0.3) is 10.9 Å². The third-order valence-corrected chi connectivity index (χ3v) is 5.34. The summed E-state index contributed by atoms with van der Waals surface area (Å²) in [6.45, 7) is 6.02. The van der Waals surface area contributed by atoms with E-state index in [1.54, 1.807) is 30.5 Å². The van der Waals surface area contributed by atoms with Gasteiger partial charge in [-0.05, 0) is 52.7 Å². The molecule has 5 nitrogen and oxygen atoms in total. The second-order valence-corrected chi connectivity index (χ2v) is 8.41. The molecule has 0 aliphatic heterocycles. The SMILES string of the molecule is C=CCOc1c(Br)cc(Cl)cc1C=Nn1c(CCC)nc2ccc(Br)cc2c1=O. The van der Waals surface area contributed by atoms with Gasteiger partial charge in [0.15, 0.2) is 0 Å². The second-order valence-electron chi connectivity index (χ2n) is 6.21. The van der Waals surface area contributed by atoms with Crippen molar-refractivity contribution in [3.8, 4) is 5.75 Å². The molecule has 0 N–H and O–H groups in total. The highest BCUT2D eigenvalue weighted by atomic mass is 79.9. The maximum atomic E-state index is 13.1. The van der Waals surface area contributed by atoms with E-state index >= 15 is 0 Å². The van der Waals surface area contributed by atoms with Crippen molar-refractivity contribution in [3.05, 3.63) is 78.7 Å². The Morgan fingerprint density at radius 3 is 2.83 bits per heavy atom. The van der Waals surface area contributed by atoms with Gasteiger partial charge in [0.05, 0.1) is 21.6 Å². The topological polar surface area (TPSA) is 56.5 Å². The van der Waals surface area contributed by atoms with E-state index in [2.05, 4.69) is 48.5 Å². The van der Waals surface area contributed by atoms with Crippen LogP contribution in [0.1, 0.15) is 24.7 Å². The molecule has 0 saturated carbocycles. The van der Waals surface area contributed by atoms with Crippen molar-refractivity contribution in [2.45, 2.75) is 19.8 Å². The molecule has 0 amide bonds. The molecule has 0 saturated heterocycles. The molecule has 3 rings (SSSR count). The summed E-state index contributed by atoms with van der Waals surface area (Å²) in [6.07, 6.45) is 4.66. The van der Waals surface area contributed by atoms with E-state index < -0.39 is 0 Å². The number of fused-ring (bicyclic) bond motifs is 1. The second kappa shape index (κ2) is 9.69. The van der Waals surface area contributed by atoms with Crippen LogP contribution in [-0.2, 0) is 6.42 Å². The Balaban J connectivity index is 2.15. The number of benzene rings is 2. The highest BCUT2D eigenvalue weighted by Gasteiger charge is 2.12. The number of halogens is 3. The van der Waals surface area contributed by atoms with Gasteiger partial charge >= 0.3 is 0 Å². The fraction of sp³-hybridized carbons (Fsp3) is 0.190. The summed E-state index contributed by atoms with van der Waals surface area (Å²) in [5, 5.41) is 5.45. The van der Waals surface area contributed by atoms with E-state index in [0.29, 0.717) is 50.6 Å². The van der Waals surface area contributed by atoms with Crippen LogP contribution in [0, 0.1) is 0 Å². The molecule has 150 valence electrons. The van der Waals surface area contributed by atoms with Gasteiger partial charge in [0.1, 0.15) is 18.2 Å². The lowest BCUT2D eigenvalue weighted by atomic mass is 10.2. The predicted octanol–water partition coefficient (Wildman–Crippen LogP) is 5.97. The van der Waals surface area contributed by atoms with E-state index in [1.807, 2.05) is 19.1 Å². The fourth-order valence-electron chi connectivity index (χ4n) is 2.79. The maximum absolute atomic E-state index is 13.1. The van der Waals surface area contributed by atoms with Crippen molar-refractivity contribution in [2.75, 3.05) is 6.61 Å². The normalized spacial score (nSPS) is 11.3. The first-order valence-electron chi connectivity index (χ1n) is 8.93. The zero-order valence-electron chi connectivity index (χ0n) is 15.7. The molecule has 0 unspecified atom stereocenters. The molecule has 3 aromatic rings. The summed E-state index contributed by atoms with van der Waals surface area (Å²) in [5.41, 5.74) is 1.05. The number of aryl methyl sites for hydroxylation is 1. The van der Waals surface area contributed by atoms with Crippen LogP contribution >= 0.6 is 43.5 Å². The van der Waals surface area contributed by atoms with Gasteiger partial charge in [-0.1, -0.05) is 47.1 Å². The highest BCUT2D eigenvalue weighted by Crippen LogP contribution is 2.32. The third-order valence-electron chi connectivity index (χ3n) is 4.04. The van der Waals surface area contributed by atoms with E-state index in [0.717, 1.165) is 10.9 Å². The minimum absolute atomic E-state index is 0.231. The van der Waals surface area contributed by atoms with E-state index in [4.69, 9.17) is 16.3 Å². The Labute approximate surface area is 190 Å². The average molecular weight is 540 g/mol. The fourth-order valence-corrected chi connectivity index (χ4v) is 4.10. The summed E-state index contributed by atoms with van der Waals surface area (Å²) in [5.74, 6) is 1.16. The molecule has 0 atom stereocenters. The first kappa shape index (κ1) is 21.7. The van der Waals surface area contributed by atoms with Crippen LogP contribution in [0.5, 0.6) is 5.75 Å². The molecule has 1 heterocycles.